The van der Waals surface area contributed by atoms with E-state index in [0.29, 0.717) is 16.6 Å². The Morgan fingerprint density at radius 2 is 2.16 bits per heavy atom. The van der Waals surface area contributed by atoms with Gasteiger partial charge in [0.25, 0.3) is 5.56 Å². The van der Waals surface area contributed by atoms with Crippen molar-refractivity contribution in [2.75, 3.05) is 13.7 Å². The number of tetrazole rings is 1. The summed E-state index contributed by atoms with van der Waals surface area (Å²) < 4.78 is 14.8. The standard InChI is InChI=1S/C21H22ClN7O3/c1-13(27-7-6-14(22)9-19(27)30)29-25-21(24-26-29)16-10-15(31-2)11-18-17(16)12-23-28(18)20-5-3-4-8-32-20/h6-7,9-13,20H,3-5,8H2,1-2H3. The van der Waals surface area contributed by atoms with Crippen molar-refractivity contribution in [2.45, 2.75) is 38.6 Å². The molecule has 0 amide bonds. The molecule has 10 nitrogen and oxygen atoms in total. The van der Waals surface area contributed by atoms with Gasteiger partial charge in [-0.15, -0.1) is 15.0 Å². The van der Waals surface area contributed by atoms with Crippen LogP contribution in [0.2, 0.25) is 5.02 Å². The average molecular weight is 456 g/mol. The Kier molecular flexibility index (Phi) is 5.40. The van der Waals surface area contributed by atoms with Gasteiger partial charge in [0.05, 0.1) is 18.8 Å². The zero-order valence-corrected chi connectivity index (χ0v) is 18.4. The topological polar surface area (TPSA) is 102 Å². The van der Waals surface area contributed by atoms with Crippen molar-refractivity contribution in [2.24, 2.45) is 0 Å². The van der Waals surface area contributed by atoms with Gasteiger partial charge in [-0.3, -0.25) is 9.36 Å². The van der Waals surface area contributed by atoms with Gasteiger partial charge in [-0.2, -0.15) is 5.10 Å². The predicted molar refractivity (Wildman–Crippen MR) is 118 cm³/mol. The lowest BCUT2D eigenvalue weighted by molar-refractivity contribution is -0.0366. The van der Waals surface area contributed by atoms with Crippen molar-refractivity contribution in [3.05, 3.63) is 52.0 Å². The van der Waals surface area contributed by atoms with E-state index in [1.54, 1.807) is 32.5 Å². The van der Waals surface area contributed by atoms with Gasteiger partial charge in [0.1, 0.15) is 11.9 Å². The molecular formula is C21H22ClN7O3. The van der Waals surface area contributed by atoms with Crippen LogP contribution in [-0.4, -0.2) is 48.3 Å². The van der Waals surface area contributed by atoms with Crippen LogP contribution in [-0.2, 0) is 4.74 Å². The van der Waals surface area contributed by atoms with Crippen LogP contribution in [0.4, 0.5) is 0 Å². The number of ether oxygens (including phenoxy) is 2. The molecule has 1 fully saturated rings. The first-order valence-electron chi connectivity index (χ1n) is 10.4. The number of aromatic nitrogens is 7. The number of fused-ring (bicyclic) bond motifs is 1. The molecule has 0 radical (unpaired) electrons. The number of benzene rings is 1. The molecule has 0 spiro atoms. The molecule has 2 unspecified atom stereocenters. The van der Waals surface area contributed by atoms with Crippen molar-refractivity contribution in [3.63, 3.8) is 0 Å². The summed E-state index contributed by atoms with van der Waals surface area (Å²) >= 11 is 5.90. The SMILES string of the molecule is COc1cc(-c2nnn(C(C)n3ccc(Cl)cc3=O)n2)c2cnn(C3CCCCO3)c2c1. The maximum Gasteiger partial charge on any atom is 0.253 e. The van der Waals surface area contributed by atoms with Gasteiger partial charge >= 0.3 is 0 Å². The van der Waals surface area contributed by atoms with Crippen molar-refractivity contribution < 1.29 is 9.47 Å². The minimum atomic E-state index is -0.486. The van der Waals surface area contributed by atoms with Crippen molar-refractivity contribution in [3.8, 4) is 17.1 Å². The number of hydrogen-bond donors (Lipinski definition) is 0. The lowest BCUT2D eigenvalue weighted by Crippen LogP contribution is -2.27. The molecule has 2 atom stereocenters. The minimum absolute atomic E-state index is 0.110. The molecule has 1 saturated heterocycles. The van der Waals surface area contributed by atoms with E-state index in [1.165, 1.54) is 15.4 Å². The highest BCUT2D eigenvalue weighted by Gasteiger charge is 2.22. The van der Waals surface area contributed by atoms with Crippen LogP contribution >= 0.6 is 11.6 Å². The summed E-state index contributed by atoms with van der Waals surface area (Å²) in [5.41, 5.74) is 1.37. The fraction of sp³-hybridized carbons (Fsp3) is 0.381. The maximum atomic E-state index is 12.3. The van der Waals surface area contributed by atoms with Crippen LogP contribution in [0.1, 0.15) is 38.6 Å². The van der Waals surface area contributed by atoms with E-state index in [0.717, 1.165) is 42.3 Å². The molecule has 0 N–H and O–H groups in total. The fourth-order valence-electron chi connectivity index (χ4n) is 3.95. The van der Waals surface area contributed by atoms with E-state index < -0.39 is 6.17 Å². The third-order valence-electron chi connectivity index (χ3n) is 5.67. The molecule has 0 aliphatic carbocycles. The molecule has 1 aliphatic heterocycles. The second kappa shape index (κ2) is 8.36. The largest absolute Gasteiger partial charge is 0.497 e. The van der Waals surface area contributed by atoms with Crippen molar-refractivity contribution >= 4 is 22.5 Å². The highest BCUT2D eigenvalue weighted by atomic mass is 35.5. The number of rotatable bonds is 5. The molecule has 5 rings (SSSR count). The molecule has 11 heteroatoms. The minimum Gasteiger partial charge on any atom is -0.497 e. The molecule has 166 valence electrons. The summed E-state index contributed by atoms with van der Waals surface area (Å²) in [7, 11) is 1.61. The van der Waals surface area contributed by atoms with Crippen molar-refractivity contribution in [1.29, 1.82) is 0 Å². The number of nitrogens with zero attached hydrogens (tertiary/aromatic N) is 7. The summed E-state index contributed by atoms with van der Waals surface area (Å²) in [5.74, 6) is 1.07. The molecule has 1 aromatic carbocycles. The van der Waals surface area contributed by atoms with Gasteiger partial charge in [0.2, 0.25) is 5.82 Å². The molecular weight excluding hydrogens is 434 g/mol. The molecule has 0 bridgehead atoms. The van der Waals surface area contributed by atoms with Crippen LogP contribution < -0.4 is 10.3 Å². The highest BCUT2D eigenvalue weighted by molar-refractivity contribution is 6.30. The Labute approximate surface area is 188 Å². The Morgan fingerprint density at radius 3 is 2.91 bits per heavy atom. The zero-order valence-electron chi connectivity index (χ0n) is 17.7. The van der Waals surface area contributed by atoms with Crippen LogP contribution in [0.3, 0.4) is 0 Å². The van der Waals surface area contributed by atoms with E-state index in [1.807, 2.05) is 16.8 Å². The summed E-state index contributed by atoms with van der Waals surface area (Å²) in [5, 5.41) is 18.8. The summed E-state index contributed by atoms with van der Waals surface area (Å²) in [6.07, 6.45) is 5.87. The molecule has 1 aliphatic rings. The summed E-state index contributed by atoms with van der Waals surface area (Å²) in [6.45, 7) is 2.53. The van der Waals surface area contributed by atoms with Crippen LogP contribution in [0.5, 0.6) is 5.75 Å². The van der Waals surface area contributed by atoms with E-state index in [4.69, 9.17) is 21.1 Å². The number of pyridine rings is 1. The van der Waals surface area contributed by atoms with Gasteiger partial charge in [0.15, 0.2) is 6.23 Å². The average Bonchev–Trinajstić information content (AvgIpc) is 3.46. The van der Waals surface area contributed by atoms with Gasteiger partial charge in [-0.05, 0) is 43.5 Å². The third kappa shape index (κ3) is 3.65. The van der Waals surface area contributed by atoms with E-state index >= 15 is 0 Å². The van der Waals surface area contributed by atoms with Gasteiger partial charge in [0, 0.05) is 40.9 Å². The van der Waals surface area contributed by atoms with Crippen LogP contribution in [0, 0.1) is 0 Å². The number of methoxy groups -OCH3 is 1. The maximum absolute atomic E-state index is 12.3. The molecule has 32 heavy (non-hydrogen) atoms. The Bertz CT molecular complexity index is 1320. The van der Waals surface area contributed by atoms with Gasteiger partial charge in [-0.25, -0.2) is 4.68 Å². The zero-order chi connectivity index (χ0) is 22.2. The molecule has 0 saturated carbocycles. The normalized spacial score (nSPS) is 17.5. The quantitative estimate of drug-likeness (QED) is 0.455. The second-order valence-electron chi connectivity index (χ2n) is 7.67. The van der Waals surface area contributed by atoms with E-state index in [2.05, 4.69) is 20.5 Å². The first-order chi connectivity index (χ1) is 15.5. The number of hydrogen-bond acceptors (Lipinski definition) is 7. The first kappa shape index (κ1) is 20.7. The Hall–Kier alpha value is -3.24. The van der Waals surface area contributed by atoms with E-state index in [9.17, 15) is 4.79 Å². The van der Waals surface area contributed by atoms with Crippen LogP contribution in [0.15, 0.2) is 41.5 Å². The Morgan fingerprint density at radius 1 is 1.28 bits per heavy atom. The molecule has 3 aromatic heterocycles. The second-order valence-corrected chi connectivity index (χ2v) is 8.11. The van der Waals surface area contributed by atoms with Crippen LogP contribution in [0.25, 0.3) is 22.3 Å². The molecule has 4 aromatic rings. The fourth-order valence-corrected chi connectivity index (χ4v) is 4.09. The Balaban J connectivity index is 1.55. The van der Waals surface area contributed by atoms with Gasteiger partial charge < -0.3 is 9.47 Å². The van der Waals surface area contributed by atoms with Crippen molar-refractivity contribution in [1.82, 2.24) is 34.6 Å². The predicted octanol–water partition coefficient (Wildman–Crippen LogP) is 3.28. The lowest BCUT2D eigenvalue weighted by Gasteiger charge is -2.23. The van der Waals surface area contributed by atoms with Gasteiger partial charge in [-0.1, -0.05) is 11.6 Å². The smallest absolute Gasteiger partial charge is 0.253 e. The highest BCUT2D eigenvalue weighted by Crippen LogP contribution is 2.34. The summed E-state index contributed by atoms with van der Waals surface area (Å²) in [6, 6.07) is 6.79. The monoisotopic (exact) mass is 455 g/mol. The van der Waals surface area contributed by atoms with E-state index in [-0.39, 0.29) is 11.8 Å². The first-order valence-corrected chi connectivity index (χ1v) is 10.8. The third-order valence-corrected chi connectivity index (χ3v) is 5.91. The molecule has 4 heterocycles. The summed E-state index contributed by atoms with van der Waals surface area (Å²) in [4.78, 5) is 13.7. The number of halogens is 1. The lowest BCUT2D eigenvalue weighted by atomic mass is 10.1.